The zero-order chi connectivity index (χ0) is 21.2. The van der Waals surface area contributed by atoms with Gasteiger partial charge < -0.3 is 9.84 Å². The zero-order valence-corrected chi connectivity index (χ0v) is 18.1. The Bertz CT molecular complexity index is 694. The second kappa shape index (κ2) is 11.8. The maximum Gasteiger partial charge on any atom is 0.317 e. The largest absolute Gasteiger partial charge is 0.508 e. The van der Waals surface area contributed by atoms with Crippen molar-refractivity contribution in [2.75, 3.05) is 0 Å². The Morgan fingerprint density at radius 3 is 2.48 bits per heavy atom. The summed E-state index contributed by atoms with van der Waals surface area (Å²) in [6.45, 7) is 6.55. The van der Waals surface area contributed by atoms with E-state index in [1.165, 1.54) is 6.42 Å². The monoisotopic (exact) mass is 400 g/mol. The van der Waals surface area contributed by atoms with Crippen molar-refractivity contribution in [1.82, 2.24) is 0 Å². The Hall–Kier alpha value is -2.10. The molecule has 1 saturated heterocycles. The molecule has 0 bridgehead atoms. The predicted molar refractivity (Wildman–Crippen MR) is 116 cm³/mol. The molecule has 0 aliphatic carbocycles. The van der Waals surface area contributed by atoms with Crippen molar-refractivity contribution < 1.29 is 19.4 Å². The van der Waals surface area contributed by atoms with Gasteiger partial charge in [-0.1, -0.05) is 77.2 Å². The van der Waals surface area contributed by atoms with Gasteiger partial charge in [-0.3, -0.25) is 9.59 Å². The van der Waals surface area contributed by atoms with E-state index in [0.29, 0.717) is 5.92 Å². The first-order chi connectivity index (χ1) is 14.0. The summed E-state index contributed by atoms with van der Waals surface area (Å²) in [7, 11) is 0. The molecular formula is C25H36O4. The normalized spacial score (nSPS) is 20.0. The van der Waals surface area contributed by atoms with Gasteiger partial charge in [0.2, 0.25) is 0 Å². The second-order valence-corrected chi connectivity index (χ2v) is 8.38. The van der Waals surface area contributed by atoms with Crippen LogP contribution in [0.2, 0.25) is 0 Å². The van der Waals surface area contributed by atoms with E-state index in [2.05, 4.69) is 32.9 Å². The maximum atomic E-state index is 12.4. The smallest absolute Gasteiger partial charge is 0.317 e. The zero-order valence-electron chi connectivity index (χ0n) is 18.1. The van der Waals surface area contributed by atoms with Crippen molar-refractivity contribution in [3.05, 3.63) is 42.0 Å². The molecular weight excluding hydrogens is 364 g/mol. The molecule has 1 aromatic rings. The predicted octanol–water partition coefficient (Wildman–Crippen LogP) is 6.14. The number of rotatable bonds is 12. The highest BCUT2D eigenvalue weighted by molar-refractivity contribution is 5.95. The van der Waals surface area contributed by atoms with Crippen LogP contribution in [-0.2, 0) is 14.3 Å². The summed E-state index contributed by atoms with van der Waals surface area (Å²) < 4.78 is 4.90. The van der Waals surface area contributed by atoms with Crippen LogP contribution in [-0.4, -0.2) is 17.0 Å². The molecule has 1 N–H and O–H groups in total. The van der Waals surface area contributed by atoms with Crippen LogP contribution in [0, 0.1) is 17.8 Å². The number of hydrogen-bond donors (Lipinski definition) is 1. The molecule has 4 heteroatoms. The molecule has 4 nitrogen and oxygen atoms in total. The Balaban J connectivity index is 2.35. The summed E-state index contributed by atoms with van der Waals surface area (Å²) in [6, 6.07) is 7.32. The van der Waals surface area contributed by atoms with E-state index in [0.717, 1.165) is 44.1 Å². The van der Waals surface area contributed by atoms with Crippen LogP contribution < -0.4 is 0 Å². The number of phenolic OH excluding ortho intramolecular Hbond substituents is 1. The third-order valence-electron chi connectivity index (χ3n) is 5.92. The van der Waals surface area contributed by atoms with Gasteiger partial charge in [0.25, 0.3) is 0 Å². The average molecular weight is 401 g/mol. The Morgan fingerprint density at radius 1 is 1.10 bits per heavy atom. The summed E-state index contributed by atoms with van der Waals surface area (Å²) in [5, 5.41) is 10.0. The van der Waals surface area contributed by atoms with E-state index < -0.39 is 17.9 Å². The summed E-state index contributed by atoms with van der Waals surface area (Å²) in [6.07, 6.45) is 12.1. The number of hydrogen-bond acceptors (Lipinski definition) is 4. The van der Waals surface area contributed by atoms with Gasteiger partial charge in [-0.05, 0) is 48.3 Å². The van der Waals surface area contributed by atoms with E-state index in [1.54, 1.807) is 12.1 Å². The summed E-state index contributed by atoms with van der Waals surface area (Å²) in [5.74, 6) is -0.695. The molecule has 4 atom stereocenters. The van der Waals surface area contributed by atoms with Crippen molar-refractivity contribution in [3.8, 4) is 5.75 Å². The van der Waals surface area contributed by atoms with Gasteiger partial charge >= 0.3 is 11.9 Å². The van der Waals surface area contributed by atoms with Crippen LogP contribution in [0.5, 0.6) is 5.75 Å². The lowest BCUT2D eigenvalue weighted by atomic mass is 9.74. The summed E-state index contributed by atoms with van der Waals surface area (Å²) in [4.78, 5) is 24.3. The fourth-order valence-electron chi connectivity index (χ4n) is 4.23. The van der Waals surface area contributed by atoms with Crippen LogP contribution >= 0.6 is 0 Å². The first kappa shape index (κ1) is 23.2. The summed E-state index contributed by atoms with van der Waals surface area (Å²) in [5.41, 5.74) is 1.02. The number of phenols is 1. The molecule has 160 valence electrons. The fraction of sp³-hybridized carbons (Fsp3) is 0.600. The van der Waals surface area contributed by atoms with Crippen LogP contribution in [0.1, 0.15) is 83.6 Å². The van der Waals surface area contributed by atoms with Gasteiger partial charge in [0, 0.05) is 0 Å². The topological polar surface area (TPSA) is 63.6 Å². The van der Waals surface area contributed by atoms with Crippen LogP contribution in [0.15, 0.2) is 36.4 Å². The number of cyclic esters (lactones) is 2. The van der Waals surface area contributed by atoms with Gasteiger partial charge in [0.15, 0.2) is 0 Å². The van der Waals surface area contributed by atoms with Crippen molar-refractivity contribution in [2.45, 2.75) is 78.1 Å². The van der Waals surface area contributed by atoms with Gasteiger partial charge in [-0.2, -0.15) is 0 Å². The number of esters is 2. The first-order valence-electron chi connectivity index (χ1n) is 11.2. The lowest BCUT2D eigenvalue weighted by Crippen LogP contribution is -2.24. The Labute approximate surface area is 175 Å². The van der Waals surface area contributed by atoms with E-state index in [9.17, 15) is 14.7 Å². The molecule has 0 saturated carbocycles. The van der Waals surface area contributed by atoms with Crippen molar-refractivity contribution in [1.29, 1.82) is 0 Å². The highest BCUT2D eigenvalue weighted by Crippen LogP contribution is 2.40. The maximum absolute atomic E-state index is 12.4. The molecule has 1 aromatic carbocycles. The third kappa shape index (κ3) is 7.02. The average Bonchev–Trinajstić information content (AvgIpc) is 3.03. The molecule has 2 rings (SSSR count). The van der Waals surface area contributed by atoms with E-state index >= 15 is 0 Å². The minimum Gasteiger partial charge on any atom is -0.508 e. The standard InChI is InChI=1S/C25H36O4/c1-4-6-8-13-21(19-11-9-12-20(26)16-19)22(15-14-18(3)10-7-5-2)23-17-24(27)29-25(23)28/h9,11-12,14-16,18,21-23,26H,4-8,10,13,17H2,1-3H3. The SMILES string of the molecule is CCCCCC(c1cccc(O)c1)C(C=CC(C)CCCC)C1CC(=O)OC1=O. The van der Waals surface area contributed by atoms with E-state index in [1.807, 2.05) is 12.1 Å². The van der Waals surface area contributed by atoms with Gasteiger partial charge in [-0.25, -0.2) is 0 Å². The molecule has 1 aliphatic rings. The van der Waals surface area contributed by atoms with Gasteiger partial charge in [-0.15, -0.1) is 0 Å². The molecule has 1 heterocycles. The van der Waals surface area contributed by atoms with Crippen LogP contribution in [0.4, 0.5) is 0 Å². The van der Waals surface area contributed by atoms with Gasteiger partial charge in [0.05, 0.1) is 12.3 Å². The molecule has 0 radical (unpaired) electrons. The highest BCUT2D eigenvalue weighted by Gasteiger charge is 2.41. The number of carbonyl (C=O) groups excluding carboxylic acids is 2. The minimum absolute atomic E-state index is 0.0618. The van der Waals surface area contributed by atoms with Crippen molar-refractivity contribution in [2.24, 2.45) is 17.8 Å². The molecule has 1 aliphatic heterocycles. The molecule has 0 spiro atoms. The fourth-order valence-corrected chi connectivity index (χ4v) is 4.23. The Morgan fingerprint density at radius 2 is 1.86 bits per heavy atom. The minimum atomic E-state index is -0.453. The molecule has 1 fully saturated rings. The number of benzene rings is 1. The number of allylic oxidation sites excluding steroid dienone is 2. The molecule has 4 unspecified atom stereocenters. The Kier molecular flexibility index (Phi) is 9.43. The second-order valence-electron chi connectivity index (χ2n) is 8.38. The number of aromatic hydroxyl groups is 1. The third-order valence-corrected chi connectivity index (χ3v) is 5.92. The van der Waals surface area contributed by atoms with Crippen molar-refractivity contribution in [3.63, 3.8) is 0 Å². The van der Waals surface area contributed by atoms with Crippen LogP contribution in [0.3, 0.4) is 0 Å². The van der Waals surface area contributed by atoms with E-state index in [4.69, 9.17) is 4.74 Å². The quantitative estimate of drug-likeness (QED) is 0.198. The van der Waals surface area contributed by atoms with Gasteiger partial charge in [0.1, 0.15) is 5.75 Å². The van der Waals surface area contributed by atoms with Crippen LogP contribution in [0.25, 0.3) is 0 Å². The van der Waals surface area contributed by atoms with E-state index in [-0.39, 0.29) is 24.0 Å². The first-order valence-corrected chi connectivity index (χ1v) is 11.2. The molecule has 0 aromatic heterocycles. The molecule has 29 heavy (non-hydrogen) atoms. The van der Waals surface area contributed by atoms with Crippen molar-refractivity contribution >= 4 is 11.9 Å². The number of carbonyl (C=O) groups is 2. The lowest BCUT2D eigenvalue weighted by Gasteiger charge is -2.28. The highest BCUT2D eigenvalue weighted by atomic mass is 16.6. The molecule has 0 amide bonds. The summed E-state index contributed by atoms with van der Waals surface area (Å²) >= 11 is 0. The number of unbranched alkanes of at least 4 members (excludes halogenated alkanes) is 3. The lowest BCUT2D eigenvalue weighted by molar-refractivity contribution is -0.153. The number of ether oxygens (including phenoxy) is 1.